The molecule has 1 saturated carbocycles. The van der Waals surface area contributed by atoms with Crippen molar-refractivity contribution in [1.29, 1.82) is 0 Å². The van der Waals surface area contributed by atoms with Crippen molar-refractivity contribution < 1.29 is 4.79 Å². The molecule has 1 aliphatic rings. The van der Waals surface area contributed by atoms with Crippen LogP contribution >= 0.6 is 0 Å². The third-order valence-electron chi connectivity index (χ3n) is 3.39. The number of Topliss-reactive ketones (excluding diaryl/α,β-unsaturated/α-hetero) is 1. The number of carbonyl (C=O) groups is 1. The van der Waals surface area contributed by atoms with Crippen molar-refractivity contribution >= 4 is 11.5 Å². The lowest BCUT2D eigenvalue weighted by molar-refractivity contribution is 0.0923. The highest BCUT2D eigenvalue weighted by Gasteiger charge is 2.23. The Bertz CT molecular complexity index is 361. The molecule has 0 aromatic heterocycles. The number of anilines is 1. The van der Waals surface area contributed by atoms with Gasteiger partial charge in [-0.25, -0.2) is 0 Å². The van der Waals surface area contributed by atoms with Crippen LogP contribution in [0.25, 0.3) is 0 Å². The van der Waals surface area contributed by atoms with Crippen LogP contribution in [0, 0.1) is 5.92 Å². The summed E-state index contributed by atoms with van der Waals surface area (Å²) in [6.07, 6.45) is 4.58. The Morgan fingerprint density at radius 2 is 1.69 bits per heavy atom. The second-order valence-corrected chi connectivity index (χ2v) is 4.79. The van der Waals surface area contributed by atoms with Crippen molar-refractivity contribution in [1.82, 2.24) is 0 Å². The van der Waals surface area contributed by atoms with Gasteiger partial charge in [0.15, 0.2) is 5.78 Å². The molecule has 0 unspecified atom stereocenters. The molecule has 2 rings (SSSR count). The fourth-order valence-electron chi connectivity index (χ4n) is 2.35. The topological polar surface area (TPSA) is 20.3 Å². The van der Waals surface area contributed by atoms with Crippen molar-refractivity contribution in [2.45, 2.75) is 25.7 Å². The zero-order chi connectivity index (χ0) is 11.5. The molecule has 0 N–H and O–H groups in total. The highest BCUT2D eigenvalue weighted by Crippen LogP contribution is 2.28. The summed E-state index contributed by atoms with van der Waals surface area (Å²) < 4.78 is 0. The maximum atomic E-state index is 12.1. The van der Waals surface area contributed by atoms with Gasteiger partial charge in [-0.15, -0.1) is 0 Å². The third-order valence-corrected chi connectivity index (χ3v) is 3.39. The van der Waals surface area contributed by atoms with Gasteiger partial charge in [0.05, 0.1) is 0 Å². The molecule has 16 heavy (non-hydrogen) atoms. The Kier molecular flexibility index (Phi) is 3.28. The van der Waals surface area contributed by atoms with Crippen LogP contribution in [-0.4, -0.2) is 19.9 Å². The highest BCUT2D eigenvalue weighted by atomic mass is 16.1. The molecule has 0 spiro atoms. The van der Waals surface area contributed by atoms with Crippen molar-refractivity contribution in [3.8, 4) is 0 Å². The predicted octanol–water partition coefficient (Wildman–Crippen LogP) is 3.13. The lowest BCUT2D eigenvalue weighted by Gasteiger charge is -2.13. The lowest BCUT2D eigenvalue weighted by atomic mass is 9.96. The minimum absolute atomic E-state index is 0.283. The van der Waals surface area contributed by atoms with E-state index in [0.29, 0.717) is 5.78 Å². The molecule has 0 heterocycles. The van der Waals surface area contributed by atoms with E-state index >= 15 is 0 Å². The van der Waals surface area contributed by atoms with Crippen molar-refractivity contribution in [2.75, 3.05) is 19.0 Å². The number of ketones is 1. The van der Waals surface area contributed by atoms with Crippen LogP contribution in [0.4, 0.5) is 5.69 Å². The number of hydrogen-bond donors (Lipinski definition) is 0. The van der Waals surface area contributed by atoms with Gasteiger partial charge in [0.25, 0.3) is 0 Å². The maximum absolute atomic E-state index is 12.1. The van der Waals surface area contributed by atoms with Gasteiger partial charge in [-0.1, -0.05) is 12.8 Å². The van der Waals surface area contributed by atoms with Gasteiger partial charge >= 0.3 is 0 Å². The van der Waals surface area contributed by atoms with Gasteiger partial charge in [0.2, 0.25) is 0 Å². The van der Waals surface area contributed by atoms with Gasteiger partial charge in [-0.3, -0.25) is 4.79 Å². The van der Waals surface area contributed by atoms with E-state index in [2.05, 4.69) is 0 Å². The Balaban J connectivity index is 2.11. The summed E-state index contributed by atoms with van der Waals surface area (Å²) in [7, 11) is 4.02. The molecule has 0 atom stereocenters. The lowest BCUT2D eigenvalue weighted by Crippen LogP contribution is -2.12. The van der Waals surface area contributed by atoms with Crippen molar-refractivity contribution in [3.05, 3.63) is 29.8 Å². The smallest absolute Gasteiger partial charge is 0.165 e. The van der Waals surface area contributed by atoms with E-state index in [1.54, 1.807) is 0 Å². The minimum Gasteiger partial charge on any atom is -0.378 e. The first-order valence-electron chi connectivity index (χ1n) is 6.00. The highest BCUT2D eigenvalue weighted by molar-refractivity contribution is 5.98. The molecule has 0 radical (unpaired) electrons. The van der Waals surface area contributed by atoms with Crippen LogP contribution in [-0.2, 0) is 0 Å². The normalized spacial score (nSPS) is 16.4. The first kappa shape index (κ1) is 11.2. The second kappa shape index (κ2) is 4.69. The Morgan fingerprint density at radius 1 is 1.12 bits per heavy atom. The molecule has 2 heteroatoms. The van der Waals surface area contributed by atoms with E-state index < -0.39 is 0 Å². The summed E-state index contributed by atoms with van der Waals surface area (Å²) in [5, 5.41) is 0. The van der Waals surface area contributed by atoms with Gasteiger partial charge < -0.3 is 4.90 Å². The monoisotopic (exact) mass is 217 g/mol. The molecule has 1 aromatic carbocycles. The standard InChI is InChI=1S/C14H19NO/c1-15(2)13-9-7-12(8-10-13)14(16)11-5-3-4-6-11/h7-11H,3-6H2,1-2H3. The van der Waals surface area contributed by atoms with Crippen LogP contribution < -0.4 is 4.90 Å². The van der Waals surface area contributed by atoms with Crippen LogP contribution in [0.1, 0.15) is 36.0 Å². The second-order valence-electron chi connectivity index (χ2n) is 4.79. The Labute approximate surface area is 97.3 Å². The van der Waals surface area contributed by atoms with E-state index in [1.165, 1.54) is 12.8 Å². The van der Waals surface area contributed by atoms with Crippen LogP contribution in [0.15, 0.2) is 24.3 Å². The van der Waals surface area contributed by atoms with E-state index in [4.69, 9.17) is 0 Å². The fourth-order valence-corrected chi connectivity index (χ4v) is 2.35. The molecule has 1 aliphatic carbocycles. The van der Waals surface area contributed by atoms with Gasteiger partial charge in [0, 0.05) is 31.3 Å². The molecule has 86 valence electrons. The number of hydrogen-bond acceptors (Lipinski definition) is 2. The average molecular weight is 217 g/mol. The summed E-state index contributed by atoms with van der Waals surface area (Å²) in [6, 6.07) is 7.94. The number of carbonyl (C=O) groups excluding carboxylic acids is 1. The van der Waals surface area contributed by atoms with E-state index in [9.17, 15) is 4.79 Å². The third kappa shape index (κ3) is 2.26. The van der Waals surface area contributed by atoms with Gasteiger partial charge in [0.1, 0.15) is 0 Å². The van der Waals surface area contributed by atoms with Crippen LogP contribution in [0.2, 0.25) is 0 Å². The van der Waals surface area contributed by atoms with Gasteiger partial charge in [-0.2, -0.15) is 0 Å². The number of nitrogens with zero attached hydrogens (tertiary/aromatic N) is 1. The Morgan fingerprint density at radius 3 is 2.19 bits per heavy atom. The number of rotatable bonds is 3. The van der Waals surface area contributed by atoms with E-state index in [1.807, 2.05) is 43.3 Å². The largest absolute Gasteiger partial charge is 0.378 e. The molecular formula is C14H19NO. The molecule has 0 aliphatic heterocycles. The molecule has 1 fully saturated rings. The summed E-state index contributed by atoms with van der Waals surface area (Å²) in [4.78, 5) is 14.2. The zero-order valence-corrected chi connectivity index (χ0v) is 10.1. The predicted molar refractivity (Wildman–Crippen MR) is 67.1 cm³/mol. The fraction of sp³-hybridized carbons (Fsp3) is 0.500. The number of benzene rings is 1. The zero-order valence-electron chi connectivity index (χ0n) is 10.1. The average Bonchev–Trinajstić information content (AvgIpc) is 2.81. The van der Waals surface area contributed by atoms with Crippen LogP contribution in [0.5, 0.6) is 0 Å². The summed E-state index contributed by atoms with van der Waals surface area (Å²) in [5.41, 5.74) is 2.01. The van der Waals surface area contributed by atoms with Gasteiger partial charge in [-0.05, 0) is 37.1 Å². The van der Waals surface area contributed by atoms with Crippen LogP contribution in [0.3, 0.4) is 0 Å². The molecule has 0 bridgehead atoms. The molecular weight excluding hydrogens is 198 g/mol. The first-order valence-corrected chi connectivity index (χ1v) is 6.00. The summed E-state index contributed by atoms with van der Waals surface area (Å²) >= 11 is 0. The first-order chi connectivity index (χ1) is 7.68. The maximum Gasteiger partial charge on any atom is 0.165 e. The Hall–Kier alpha value is -1.31. The van der Waals surface area contributed by atoms with E-state index in [-0.39, 0.29) is 5.92 Å². The minimum atomic E-state index is 0.283. The molecule has 0 saturated heterocycles. The van der Waals surface area contributed by atoms with E-state index in [0.717, 1.165) is 24.1 Å². The summed E-state index contributed by atoms with van der Waals surface area (Å²) in [6.45, 7) is 0. The molecule has 2 nitrogen and oxygen atoms in total. The van der Waals surface area contributed by atoms with Crippen molar-refractivity contribution in [2.24, 2.45) is 5.92 Å². The van der Waals surface area contributed by atoms with Crippen molar-refractivity contribution in [3.63, 3.8) is 0 Å². The molecule has 1 aromatic rings. The quantitative estimate of drug-likeness (QED) is 0.725. The SMILES string of the molecule is CN(C)c1ccc(C(=O)C2CCCC2)cc1. The summed E-state index contributed by atoms with van der Waals surface area (Å²) in [5.74, 6) is 0.619. The molecule has 0 amide bonds.